The van der Waals surface area contributed by atoms with Crippen molar-refractivity contribution in [3.8, 4) is 10.4 Å². The van der Waals surface area contributed by atoms with Crippen LogP contribution in [0.4, 0.5) is 0 Å². The van der Waals surface area contributed by atoms with Crippen LogP contribution >= 0.6 is 46.8 Å². The summed E-state index contributed by atoms with van der Waals surface area (Å²) in [5.41, 5.74) is 1.12. The molecule has 0 unspecified atom stereocenters. The molecule has 0 fully saturated rings. The Hall–Kier alpha value is -0.930. The minimum atomic E-state index is 0.713. The first-order valence-electron chi connectivity index (χ1n) is 5.63. The zero-order valence-corrected chi connectivity index (χ0v) is 12.8. The number of halogens is 2. The van der Waals surface area contributed by atoms with Gasteiger partial charge in [-0.05, 0) is 42.0 Å². The van der Waals surface area contributed by atoms with E-state index in [0.29, 0.717) is 5.02 Å². The fourth-order valence-corrected chi connectivity index (χ4v) is 3.69. The highest BCUT2D eigenvalue weighted by molar-refractivity contribution is 7.71. The Kier molecular flexibility index (Phi) is 3.59. The molecule has 4 heteroatoms. The summed E-state index contributed by atoms with van der Waals surface area (Å²) in [6, 6.07) is 15.6. The van der Waals surface area contributed by atoms with Crippen LogP contribution in [0.2, 0.25) is 10.0 Å². The Labute approximate surface area is 130 Å². The monoisotopic (exact) mass is 322 g/mol. The first kappa shape index (κ1) is 13.1. The molecule has 0 amide bonds. The molecule has 0 aliphatic carbocycles. The van der Waals surface area contributed by atoms with Gasteiger partial charge in [0.25, 0.3) is 0 Å². The van der Waals surface area contributed by atoms with E-state index < -0.39 is 0 Å². The van der Waals surface area contributed by atoms with Crippen LogP contribution in [0.3, 0.4) is 0 Å². The van der Waals surface area contributed by atoms with Crippen molar-refractivity contribution in [2.24, 2.45) is 0 Å². The lowest BCUT2D eigenvalue weighted by molar-refractivity contribution is 1.68. The molecule has 0 spiro atoms. The van der Waals surface area contributed by atoms with Crippen LogP contribution < -0.4 is 0 Å². The molecule has 1 aromatic heterocycles. The molecule has 0 nitrogen and oxygen atoms in total. The summed E-state index contributed by atoms with van der Waals surface area (Å²) in [5.74, 6) is 0. The highest BCUT2D eigenvalue weighted by Crippen LogP contribution is 2.33. The lowest BCUT2D eigenvalue weighted by atomic mass is 10.2. The van der Waals surface area contributed by atoms with Crippen LogP contribution in [-0.2, 0) is 0 Å². The third-order valence-electron chi connectivity index (χ3n) is 2.82. The number of rotatable bonds is 1. The lowest BCUT2D eigenvalue weighted by Gasteiger charge is -2.04. The average Bonchev–Trinajstić information content (AvgIpc) is 2.40. The Bertz CT molecular complexity index is 804. The van der Waals surface area contributed by atoms with Gasteiger partial charge in [0, 0.05) is 29.5 Å². The molecule has 2 aromatic carbocycles. The van der Waals surface area contributed by atoms with E-state index >= 15 is 0 Å². The topological polar surface area (TPSA) is 0 Å². The Balaban J connectivity index is 2.24. The van der Waals surface area contributed by atoms with Gasteiger partial charge in [0.15, 0.2) is 0 Å². The molecule has 0 bridgehead atoms. The maximum Gasteiger partial charge on any atom is 0.0478 e. The molecule has 19 heavy (non-hydrogen) atoms. The van der Waals surface area contributed by atoms with Gasteiger partial charge in [0.05, 0.1) is 0 Å². The van der Waals surface area contributed by atoms with Crippen LogP contribution in [0.5, 0.6) is 0 Å². The maximum atomic E-state index is 6.01. The normalized spacial score (nSPS) is 10.8. The second-order valence-corrected chi connectivity index (χ2v) is 6.52. The second-order valence-electron chi connectivity index (χ2n) is 4.12. The summed E-state index contributed by atoms with van der Waals surface area (Å²) in [4.78, 5) is 1.14. The molecule has 0 atom stereocenters. The third-order valence-corrected chi connectivity index (χ3v) is 4.79. The largest absolute Gasteiger partial charge is 0.135 e. The van der Waals surface area contributed by atoms with E-state index in [2.05, 4.69) is 0 Å². The van der Waals surface area contributed by atoms with Crippen LogP contribution in [0.1, 0.15) is 0 Å². The standard InChI is InChI=1S/C15H8Cl2S2/c16-10-3-1-9(2-4-10)15-8-13(18)12-7-11(17)5-6-14(12)19-15/h1-8H. The van der Waals surface area contributed by atoms with Crippen LogP contribution in [0.25, 0.3) is 20.5 Å². The van der Waals surface area contributed by atoms with Gasteiger partial charge >= 0.3 is 0 Å². The number of fused-ring (bicyclic) bond motifs is 1. The van der Waals surface area contributed by atoms with E-state index in [1.54, 1.807) is 11.3 Å². The quantitative estimate of drug-likeness (QED) is 0.454. The van der Waals surface area contributed by atoms with E-state index in [-0.39, 0.29) is 0 Å². The molecule has 0 aliphatic rings. The number of hydrogen-bond acceptors (Lipinski definition) is 2. The Morgan fingerprint density at radius 2 is 1.53 bits per heavy atom. The third kappa shape index (κ3) is 2.67. The van der Waals surface area contributed by atoms with Crippen LogP contribution in [0, 0.1) is 4.51 Å². The van der Waals surface area contributed by atoms with Gasteiger partial charge in [-0.2, -0.15) is 0 Å². The van der Waals surface area contributed by atoms with E-state index in [9.17, 15) is 0 Å². The van der Waals surface area contributed by atoms with Gasteiger partial charge in [-0.1, -0.05) is 47.6 Å². The van der Waals surface area contributed by atoms with Crippen LogP contribution in [-0.4, -0.2) is 0 Å². The van der Waals surface area contributed by atoms with Crippen molar-refractivity contribution in [2.75, 3.05) is 0 Å². The zero-order valence-electron chi connectivity index (χ0n) is 9.69. The highest BCUT2D eigenvalue weighted by atomic mass is 35.5. The fourth-order valence-electron chi connectivity index (χ4n) is 1.88. The van der Waals surface area contributed by atoms with E-state index in [0.717, 1.165) is 30.1 Å². The van der Waals surface area contributed by atoms with Gasteiger partial charge in [0.1, 0.15) is 0 Å². The first-order chi connectivity index (χ1) is 9.13. The van der Waals surface area contributed by atoms with E-state index in [1.165, 1.54) is 0 Å². The molecule has 94 valence electrons. The molecular weight excluding hydrogens is 315 g/mol. The Morgan fingerprint density at radius 3 is 2.26 bits per heavy atom. The van der Waals surface area contributed by atoms with Gasteiger partial charge in [0.2, 0.25) is 0 Å². The molecule has 3 aromatic rings. The predicted molar refractivity (Wildman–Crippen MR) is 88.1 cm³/mol. The molecule has 0 aliphatic heterocycles. The van der Waals surface area contributed by atoms with Gasteiger partial charge in [-0.15, -0.1) is 11.3 Å². The van der Waals surface area contributed by atoms with Crippen molar-refractivity contribution in [3.63, 3.8) is 0 Å². The summed E-state index contributed by atoms with van der Waals surface area (Å²) in [5, 5.41) is 2.48. The predicted octanol–water partition coefficient (Wildman–Crippen LogP) is 6.60. The summed E-state index contributed by atoms with van der Waals surface area (Å²) in [6.07, 6.45) is 0. The molecule has 0 N–H and O–H groups in total. The van der Waals surface area contributed by atoms with Crippen LogP contribution in [0.15, 0.2) is 48.5 Å². The van der Waals surface area contributed by atoms with E-state index in [4.69, 9.17) is 35.4 Å². The van der Waals surface area contributed by atoms with Gasteiger partial charge in [-0.25, -0.2) is 0 Å². The maximum absolute atomic E-state index is 6.01. The number of hydrogen-bond donors (Lipinski definition) is 0. The van der Waals surface area contributed by atoms with Crippen molar-refractivity contribution < 1.29 is 0 Å². The fraction of sp³-hybridized carbons (Fsp3) is 0. The summed E-state index contributed by atoms with van der Waals surface area (Å²) < 4.78 is 1.96. The molecule has 3 rings (SSSR count). The second kappa shape index (κ2) is 5.22. The first-order valence-corrected chi connectivity index (χ1v) is 7.61. The molecular formula is C15H8Cl2S2. The molecule has 1 heterocycles. The van der Waals surface area contributed by atoms with E-state index in [1.807, 2.05) is 48.5 Å². The SMILES string of the molecule is S=c1cc(-c2ccc(Cl)cc2)sc2ccc(Cl)cc12. The summed E-state index contributed by atoms with van der Waals surface area (Å²) in [7, 11) is 0. The zero-order chi connectivity index (χ0) is 13.4. The Morgan fingerprint density at radius 1 is 0.842 bits per heavy atom. The van der Waals surface area contributed by atoms with Crippen molar-refractivity contribution in [3.05, 3.63) is 63.1 Å². The highest BCUT2D eigenvalue weighted by Gasteiger charge is 2.04. The van der Waals surface area contributed by atoms with Gasteiger partial charge < -0.3 is 0 Å². The summed E-state index contributed by atoms with van der Waals surface area (Å²) in [6.45, 7) is 0. The summed E-state index contributed by atoms with van der Waals surface area (Å²) >= 11 is 19.1. The van der Waals surface area contributed by atoms with Crippen molar-refractivity contribution in [2.45, 2.75) is 0 Å². The smallest absolute Gasteiger partial charge is 0.0478 e. The molecule has 0 saturated heterocycles. The molecule has 0 radical (unpaired) electrons. The number of benzene rings is 2. The van der Waals surface area contributed by atoms with Crippen molar-refractivity contribution in [1.29, 1.82) is 0 Å². The van der Waals surface area contributed by atoms with Gasteiger partial charge in [-0.3, -0.25) is 0 Å². The lowest BCUT2D eigenvalue weighted by Crippen LogP contribution is -1.78. The minimum absolute atomic E-state index is 0.713. The van der Waals surface area contributed by atoms with Crippen molar-refractivity contribution >= 4 is 56.8 Å². The van der Waals surface area contributed by atoms with Crippen molar-refractivity contribution in [1.82, 2.24) is 0 Å². The molecule has 0 saturated carbocycles. The average molecular weight is 323 g/mol. The minimum Gasteiger partial charge on any atom is -0.135 e.